The molecule has 1 atom stereocenters. The first-order valence-corrected chi connectivity index (χ1v) is 7.36. The quantitative estimate of drug-likeness (QED) is 0.906. The van der Waals surface area contributed by atoms with Crippen molar-refractivity contribution in [1.82, 2.24) is 4.90 Å². The van der Waals surface area contributed by atoms with Crippen molar-refractivity contribution in [3.63, 3.8) is 0 Å². The van der Waals surface area contributed by atoms with E-state index in [1.807, 2.05) is 31.2 Å². The molecule has 0 saturated carbocycles. The average molecular weight is 263 g/mol. The van der Waals surface area contributed by atoms with E-state index in [-0.39, 0.29) is 0 Å². The van der Waals surface area contributed by atoms with Crippen LogP contribution < -0.4 is 4.74 Å². The van der Waals surface area contributed by atoms with E-state index < -0.39 is 5.60 Å². The van der Waals surface area contributed by atoms with Crippen LogP contribution in [0.2, 0.25) is 0 Å². The fraction of sp³-hybridized carbons (Fsp3) is 0.625. The highest BCUT2D eigenvalue weighted by Gasteiger charge is 2.33. The lowest BCUT2D eigenvalue weighted by molar-refractivity contribution is 0.0187. The molecule has 1 aromatic carbocycles. The van der Waals surface area contributed by atoms with E-state index >= 15 is 0 Å². The molecule has 0 aromatic heterocycles. The number of hydrogen-bond donors (Lipinski definition) is 1. The Kier molecular flexibility index (Phi) is 4.83. The van der Waals surface area contributed by atoms with Crippen molar-refractivity contribution in [1.29, 1.82) is 0 Å². The van der Waals surface area contributed by atoms with Crippen molar-refractivity contribution in [2.24, 2.45) is 0 Å². The predicted molar refractivity (Wildman–Crippen MR) is 77.5 cm³/mol. The van der Waals surface area contributed by atoms with Crippen molar-refractivity contribution in [2.45, 2.75) is 38.7 Å². The molecule has 3 nitrogen and oxygen atoms in total. The minimum Gasteiger partial charge on any atom is -0.493 e. The third-order valence-electron chi connectivity index (χ3n) is 4.04. The summed E-state index contributed by atoms with van der Waals surface area (Å²) in [6.07, 6.45) is 2.63. The first-order chi connectivity index (χ1) is 9.19. The number of hydrogen-bond acceptors (Lipinski definition) is 3. The Labute approximate surface area is 116 Å². The number of likely N-dealkylation sites (tertiary alicyclic amines) is 1. The molecule has 1 aromatic rings. The molecular weight excluding hydrogens is 238 g/mol. The molecule has 106 valence electrons. The van der Waals surface area contributed by atoms with Crippen LogP contribution in [0.5, 0.6) is 5.75 Å². The molecule has 1 N–H and O–H groups in total. The molecule has 2 rings (SSSR count). The van der Waals surface area contributed by atoms with Gasteiger partial charge < -0.3 is 14.7 Å². The van der Waals surface area contributed by atoms with Crippen molar-refractivity contribution in [2.75, 3.05) is 26.2 Å². The minimum absolute atomic E-state index is 0.633. The Balaban J connectivity index is 2.23. The van der Waals surface area contributed by atoms with Crippen LogP contribution in [-0.2, 0) is 5.60 Å². The van der Waals surface area contributed by atoms with Gasteiger partial charge in [0.2, 0.25) is 0 Å². The van der Waals surface area contributed by atoms with Gasteiger partial charge in [0.15, 0.2) is 0 Å². The van der Waals surface area contributed by atoms with Gasteiger partial charge >= 0.3 is 0 Å². The largest absolute Gasteiger partial charge is 0.493 e. The first kappa shape index (κ1) is 14.4. The van der Waals surface area contributed by atoms with Crippen LogP contribution in [0.15, 0.2) is 24.3 Å². The third-order valence-corrected chi connectivity index (χ3v) is 4.04. The Morgan fingerprint density at radius 2 is 2.00 bits per heavy atom. The molecule has 0 bridgehead atoms. The van der Waals surface area contributed by atoms with E-state index in [9.17, 15) is 5.11 Å². The summed E-state index contributed by atoms with van der Waals surface area (Å²) in [5.41, 5.74) is 0.213. The van der Waals surface area contributed by atoms with Gasteiger partial charge in [0, 0.05) is 12.1 Å². The van der Waals surface area contributed by atoms with Crippen LogP contribution in [-0.4, -0.2) is 36.2 Å². The zero-order chi connectivity index (χ0) is 13.7. The SMILES string of the molecule is CCOc1ccccc1C1(O)CCCN(CC)CC1. The van der Waals surface area contributed by atoms with E-state index in [2.05, 4.69) is 11.8 Å². The van der Waals surface area contributed by atoms with E-state index in [1.165, 1.54) is 0 Å². The molecule has 1 heterocycles. The van der Waals surface area contributed by atoms with E-state index in [0.29, 0.717) is 6.61 Å². The highest BCUT2D eigenvalue weighted by Crippen LogP contribution is 2.37. The van der Waals surface area contributed by atoms with E-state index in [0.717, 1.165) is 50.2 Å². The maximum absolute atomic E-state index is 11.0. The van der Waals surface area contributed by atoms with Gasteiger partial charge in [0.25, 0.3) is 0 Å². The summed E-state index contributed by atoms with van der Waals surface area (Å²) in [7, 11) is 0. The second kappa shape index (κ2) is 6.40. The van der Waals surface area contributed by atoms with Gasteiger partial charge in [-0.3, -0.25) is 0 Å². The molecule has 1 unspecified atom stereocenters. The molecule has 0 radical (unpaired) electrons. The van der Waals surface area contributed by atoms with Crippen LogP contribution in [0.25, 0.3) is 0 Å². The summed E-state index contributed by atoms with van der Waals surface area (Å²) in [5, 5.41) is 11.0. The van der Waals surface area contributed by atoms with Crippen LogP contribution in [0.3, 0.4) is 0 Å². The summed E-state index contributed by atoms with van der Waals surface area (Å²) in [4.78, 5) is 2.40. The summed E-state index contributed by atoms with van der Waals surface area (Å²) in [5.74, 6) is 0.831. The Morgan fingerprint density at radius 3 is 2.74 bits per heavy atom. The van der Waals surface area contributed by atoms with Crippen molar-refractivity contribution < 1.29 is 9.84 Å². The Morgan fingerprint density at radius 1 is 1.21 bits per heavy atom. The second-order valence-electron chi connectivity index (χ2n) is 5.25. The Hall–Kier alpha value is -1.06. The standard InChI is InChI=1S/C16H25NO2/c1-3-17-12-7-10-16(18,11-13-17)14-8-5-6-9-15(14)19-4-2/h5-6,8-9,18H,3-4,7,10-13H2,1-2H3. The van der Waals surface area contributed by atoms with E-state index in [1.54, 1.807) is 0 Å². The molecule has 0 amide bonds. The van der Waals surface area contributed by atoms with Crippen molar-refractivity contribution in [3.8, 4) is 5.75 Å². The molecule has 1 aliphatic heterocycles. The zero-order valence-electron chi connectivity index (χ0n) is 12.1. The normalized spacial score (nSPS) is 25.0. The molecule has 0 spiro atoms. The molecule has 19 heavy (non-hydrogen) atoms. The lowest BCUT2D eigenvalue weighted by atomic mass is 9.86. The summed E-state index contributed by atoms with van der Waals surface area (Å²) in [6.45, 7) is 7.88. The first-order valence-electron chi connectivity index (χ1n) is 7.36. The van der Waals surface area contributed by atoms with Crippen LogP contribution in [0.1, 0.15) is 38.7 Å². The van der Waals surface area contributed by atoms with E-state index in [4.69, 9.17) is 4.74 Å². The fourth-order valence-electron chi connectivity index (χ4n) is 2.89. The summed E-state index contributed by atoms with van der Waals surface area (Å²) < 4.78 is 5.68. The molecule has 3 heteroatoms. The van der Waals surface area contributed by atoms with Crippen molar-refractivity contribution >= 4 is 0 Å². The number of rotatable bonds is 4. The second-order valence-corrected chi connectivity index (χ2v) is 5.25. The maximum atomic E-state index is 11.0. The molecule has 1 aliphatic rings. The topological polar surface area (TPSA) is 32.7 Å². The fourth-order valence-corrected chi connectivity index (χ4v) is 2.89. The lowest BCUT2D eigenvalue weighted by Gasteiger charge is -2.29. The van der Waals surface area contributed by atoms with Crippen LogP contribution in [0.4, 0.5) is 0 Å². The molecule has 1 saturated heterocycles. The predicted octanol–water partition coefficient (Wildman–Crippen LogP) is 2.78. The van der Waals surface area contributed by atoms with Gasteiger partial charge in [-0.2, -0.15) is 0 Å². The number of para-hydroxylation sites is 1. The number of nitrogens with zero attached hydrogens (tertiary/aromatic N) is 1. The van der Waals surface area contributed by atoms with Gasteiger partial charge in [0.05, 0.1) is 12.2 Å². The average Bonchev–Trinajstić information content (AvgIpc) is 2.62. The number of benzene rings is 1. The zero-order valence-corrected chi connectivity index (χ0v) is 12.1. The third kappa shape index (κ3) is 3.28. The number of aliphatic hydroxyl groups is 1. The number of ether oxygens (including phenoxy) is 1. The summed E-state index contributed by atoms with van der Waals surface area (Å²) >= 11 is 0. The van der Waals surface area contributed by atoms with Crippen LogP contribution in [0, 0.1) is 0 Å². The van der Waals surface area contributed by atoms with Gasteiger partial charge in [-0.05, 0) is 45.3 Å². The smallest absolute Gasteiger partial charge is 0.125 e. The van der Waals surface area contributed by atoms with Crippen molar-refractivity contribution in [3.05, 3.63) is 29.8 Å². The highest BCUT2D eigenvalue weighted by molar-refractivity contribution is 5.38. The van der Waals surface area contributed by atoms with Gasteiger partial charge in [0.1, 0.15) is 5.75 Å². The van der Waals surface area contributed by atoms with Gasteiger partial charge in [-0.15, -0.1) is 0 Å². The molecule has 1 fully saturated rings. The molecular formula is C16H25NO2. The minimum atomic E-state index is -0.740. The lowest BCUT2D eigenvalue weighted by Crippen LogP contribution is -2.29. The van der Waals surface area contributed by atoms with Gasteiger partial charge in [-0.25, -0.2) is 0 Å². The molecule has 0 aliphatic carbocycles. The van der Waals surface area contributed by atoms with Gasteiger partial charge in [-0.1, -0.05) is 25.1 Å². The maximum Gasteiger partial charge on any atom is 0.125 e. The highest BCUT2D eigenvalue weighted by atomic mass is 16.5. The monoisotopic (exact) mass is 263 g/mol. The van der Waals surface area contributed by atoms with Crippen LogP contribution >= 0.6 is 0 Å². The Bertz CT molecular complexity index is 407. The summed E-state index contributed by atoms with van der Waals surface area (Å²) in [6, 6.07) is 7.91.